The second-order valence-corrected chi connectivity index (χ2v) is 5.09. The highest BCUT2D eigenvalue weighted by Gasteiger charge is 2.44. The molecule has 9 heteroatoms. The standard InChI is InChI=1S/C13H16ClNO7/c14-12(15-20)6-1-3-7(4-2-6)21-13-11(19)10(18)9(17)8(5-16)22-13/h1-4,8-11,13,16-20H,5H2/b15-12-/t8-,9+,10+,11-,13+/m1/s1. The van der Waals surface area contributed by atoms with E-state index >= 15 is 0 Å². The van der Waals surface area contributed by atoms with Gasteiger partial charge in [0.2, 0.25) is 6.29 Å². The molecule has 0 aliphatic carbocycles. The van der Waals surface area contributed by atoms with Gasteiger partial charge in [0.25, 0.3) is 0 Å². The van der Waals surface area contributed by atoms with Crippen molar-refractivity contribution in [1.29, 1.82) is 0 Å². The van der Waals surface area contributed by atoms with Crippen LogP contribution in [0.4, 0.5) is 0 Å². The first kappa shape index (κ1) is 16.9. The first-order chi connectivity index (χ1) is 10.5. The van der Waals surface area contributed by atoms with Crippen molar-refractivity contribution in [2.75, 3.05) is 6.61 Å². The summed E-state index contributed by atoms with van der Waals surface area (Å²) in [6.07, 6.45) is -6.74. The molecule has 1 aliphatic heterocycles. The van der Waals surface area contributed by atoms with E-state index in [0.717, 1.165) is 0 Å². The summed E-state index contributed by atoms with van der Waals surface area (Å²) >= 11 is 5.64. The van der Waals surface area contributed by atoms with Crippen LogP contribution in [0.5, 0.6) is 5.75 Å². The molecule has 5 N–H and O–H groups in total. The van der Waals surface area contributed by atoms with Crippen molar-refractivity contribution >= 4 is 16.8 Å². The van der Waals surface area contributed by atoms with Crippen LogP contribution in [0.1, 0.15) is 5.56 Å². The third-order valence-corrected chi connectivity index (χ3v) is 3.57. The molecule has 8 nitrogen and oxygen atoms in total. The van der Waals surface area contributed by atoms with Crippen LogP contribution in [0, 0.1) is 0 Å². The second-order valence-electron chi connectivity index (χ2n) is 4.73. The van der Waals surface area contributed by atoms with Gasteiger partial charge in [-0.05, 0) is 24.3 Å². The summed E-state index contributed by atoms with van der Waals surface area (Å²) < 4.78 is 10.6. The fourth-order valence-corrected chi connectivity index (χ4v) is 2.15. The lowest BCUT2D eigenvalue weighted by Gasteiger charge is -2.39. The summed E-state index contributed by atoms with van der Waals surface area (Å²) in [5, 5.41) is 49.6. The molecule has 0 radical (unpaired) electrons. The SMILES string of the molecule is OC[C@H]1O[C@H](Oc2ccc(/C(Cl)=N/O)cc2)[C@H](O)[C@@H](O)[C@H]1O. The lowest BCUT2D eigenvalue weighted by molar-refractivity contribution is -0.277. The molecule has 22 heavy (non-hydrogen) atoms. The van der Waals surface area contributed by atoms with Gasteiger partial charge in [-0.15, -0.1) is 0 Å². The number of hydrogen-bond acceptors (Lipinski definition) is 8. The number of halogens is 1. The minimum Gasteiger partial charge on any atom is -0.462 e. The van der Waals surface area contributed by atoms with Crippen molar-refractivity contribution in [3.8, 4) is 5.75 Å². The number of nitrogens with zero attached hydrogens (tertiary/aromatic N) is 1. The van der Waals surface area contributed by atoms with Crippen molar-refractivity contribution in [3.63, 3.8) is 0 Å². The van der Waals surface area contributed by atoms with Gasteiger partial charge in [-0.3, -0.25) is 0 Å². The molecule has 0 unspecified atom stereocenters. The van der Waals surface area contributed by atoms with Crippen LogP contribution < -0.4 is 4.74 Å². The Kier molecular flexibility index (Phi) is 5.57. The Morgan fingerprint density at radius 1 is 1.14 bits per heavy atom. The van der Waals surface area contributed by atoms with E-state index in [1.54, 1.807) is 0 Å². The lowest BCUT2D eigenvalue weighted by atomic mass is 9.99. The molecular weight excluding hydrogens is 318 g/mol. The molecule has 0 saturated carbocycles. The van der Waals surface area contributed by atoms with Crippen LogP contribution in [-0.2, 0) is 4.74 Å². The van der Waals surface area contributed by atoms with Crippen molar-refractivity contribution in [3.05, 3.63) is 29.8 Å². The highest BCUT2D eigenvalue weighted by atomic mass is 35.5. The predicted molar refractivity (Wildman–Crippen MR) is 75.0 cm³/mol. The van der Waals surface area contributed by atoms with Gasteiger partial charge in [0.05, 0.1) is 6.61 Å². The summed E-state index contributed by atoms with van der Waals surface area (Å²) in [5.41, 5.74) is 0.449. The van der Waals surface area contributed by atoms with Crippen molar-refractivity contribution in [2.24, 2.45) is 5.16 Å². The first-order valence-electron chi connectivity index (χ1n) is 6.43. The zero-order chi connectivity index (χ0) is 16.3. The maximum Gasteiger partial charge on any atom is 0.229 e. The highest BCUT2D eigenvalue weighted by Crippen LogP contribution is 2.24. The zero-order valence-corrected chi connectivity index (χ0v) is 12.0. The number of aliphatic hydroxyl groups is 4. The molecule has 1 saturated heterocycles. The topological polar surface area (TPSA) is 132 Å². The van der Waals surface area contributed by atoms with Crippen LogP contribution in [0.15, 0.2) is 29.4 Å². The first-order valence-corrected chi connectivity index (χ1v) is 6.81. The van der Waals surface area contributed by atoms with Gasteiger partial charge in [0, 0.05) is 5.56 Å². The van der Waals surface area contributed by atoms with Crippen LogP contribution in [0.2, 0.25) is 0 Å². The summed E-state index contributed by atoms with van der Waals surface area (Å²) in [4.78, 5) is 0. The average Bonchev–Trinajstić information content (AvgIpc) is 2.55. The molecule has 1 fully saturated rings. The molecule has 0 amide bonds. The Morgan fingerprint density at radius 3 is 2.32 bits per heavy atom. The quantitative estimate of drug-likeness (QED) is 0.278. The molecule has 1 heterocycles. The fraction of sp³-hybridized carbons (Fsp3) is 0.462. The van der Waals surface area contributed by atoms with E-state index < -0.39 is 37.3 Å². The highest BCUT2D eigenvalue weighted by molar-refractivity contribution is 6.69. The molecule has 1 aliphatic rings. The number of benzene rings is 1. The zero-order valence-electron chi connectivity index (χ0n) is 11.3. The third-order valence-electron chi connectivity index (χ3n) is 3.28. The molecule has 2 rings (SSSR count). The van der Waals surface area contributed by atoms with Gasteiger partial charge < -0.3 is 35.1 Å². The molecule has 122 valence electrons. The Bertz CT molecular complexity index is 522. The monoisotopic (exact) mass is 333 g/mol. The maximum absolute atomic E-state index is 9.85. The summed E-state index contributed by atoms with van der Waals surface area (Å²) in [5.74, 6) is 0.287. The van der Waals surface area contributed by atoms with Crippen LogP contribution >= 0.6 is 11.6 Å². The Balaban J connectivity index is 2.09. The van der Waals surface area contributed by atoms with E-state index in [9.17, 15) is 15.3 Å². The van der Waals surface area contributed by atoms with Crippen molar-refractivity contribution in [2.45, 2.75) is 30.7 Å². The molecule has 1 aromatic rings. The van der Waals surface area contributed by atoms with Gasteiger partial charge in [-0.2, -0.15) is 0 Å². The van der Waals surface area contributed by atoms with Crippen molar-refractivity contribution in [1.82, 2.24) is 0 Å². The molecule has 0 spiro atoms. The Hall–Kier alpha value is -1.42. The minimum absolute atomic E-state index is 0.0978. The van der Waals surface area contributed by atoms with E-state index in [2.05, 4.69) is 5.16 Å². The third kappa shape index (κ3) is 3.49. The fourth-order valence-electron chi connectivity index (χ4n) is 2.03. The number of hydrogen-bond donors (Lipinski definition) is 5. The smallest absolute Gasteiger partial charge is 0.229 e. The summed E-state index contributed by atoms with van der Waals surface area (Å²) in [6.45, 7) is -0.535. The molecule has 1 aromatic carbocycles. The van der Waals surface area contributed by atoms with E-state index in [1.807, 2.05) is 0 Å². The van der Waals surface area contributed by atoms with E-state index in [4.69, 9.17) is 31.4 Å². The maximum atomic E-state index is 9.85. The van der Waals surface area contributed by atoms with E-state index in [1.165, 1.54) is 24.3 Å². The second kappa shape index (κ2) is 7.23. The van der Waals surface area contributed by atoms with Crippen molar-refractivity contribution < 1.29 is 35.1 Å². The summed E-state index contributed by atoms with van der Waals surface area (Å²) in [6, 6.07) is 6.01. The van der Waals surface area contributed by atoms with Gasteiger partial charge in [-0.25, -0.2) is 0 Å². The van der Waals surface area contributed by atoms with Gasteiger partial charge >= 0.3 is 0 Å². The number of aliphatic hydroxyl groups excluding tert-OH is 4. The Morgan fingerprint density at radius 2 is 1.77 bits per heavy atom. The van der Waals surface area contributed by atoms with Gasteiger partial charge in [0.15, 0.2) is 5.17 Å². The van der Waals surface area contributed by atoms with E-state index in [0.29, 0.717) is 5.56 Å². The lowest BCUT2D eigenvalue weighted by Crippen LogP contribution is -2.60. The number of rotatable bonds is 4. The van der Waals surface area contributed by atoms with E-state index in [-0.39, 0.29) is 10.9 Å². The normalized spacial score (nSPS) is 32.8. The Labute approximate surface area is 130 Å². The average molecular weight is 334 g/mol. The van der Waals surface area contributed by atoms with Crippen LogP contribution in [0.3, 0.4) is 0 Å². The molecule has 0 bridgehead atoms. The molecule has 5 atom stereocenters. The van der Waals surface area contributed by atoms with Crippen LogP contribution in [-0.4, -0.2) is 68.1 Å². The molecule has 0 aromatic heterocycles. The largest absolute Gasteiger partial charge is 0.462 e. The summed E-state index contributed by atoms with van der Waals surface area (Å²) in [7, 11) is 0. The molecular formula is C13H16ClNO7. The number of oxime groups is 1. The van der Waals surface area contributed by atoms with Crippen LogP contribution in [0.25, 0.3) is 0 Å². The number of ether oxygens (including phenoxy) is 2. The van der Waals surface area contributed by atoms with Gasteiger partial charge in [-0.1, -0.05) is 16.8 Å². The van der Waals surface area contributed by atoms with Gasteiger partial charge in [0.1, 0.15) is 30.2 Å². The predicted octanol–water partition coefficient (Wildman–Crippen LogP) is -0.760. The minimum atomic E-state index is -1.51.